The molecule has 2 aromatic rings. The Labute approximate surface area is 216 Å². The van der Waals surface area contributed by atoms with Gasteiger partial charge in [-0.1, -0.05) is 12.1 Å². The second-order valence-electron chi connectivity index (χ2n) is 11.0. The highest BCUT2D eigenvalue weighted by Gasteiger charge is 2.56. The minimum Gasteiger partial charge on any atom is -0.444 e. The van der Waals surface area contributed by atoms with Crippen LogP contribution in [0.15, 0.2) is 41.3 Å². The molecular weight excluding hydrogens is 474 g/mol. The fourth-order valence-corrected chi connectivity index (χ4v) is 5.15. The average molecular weight is 510 g/mol. The number of ether oxygens (including phenoxy) is 1. The van der Waals surface area contributed by atoms with Crippen LogP contribution in [-0.2, 0) is 11.3 Å². The van der Waals surface area contributed by atoms with Gasteiger partial charge in [0.15, 0.2) is 0 Å². The first-order chi connectivity index (χ1) is 17.7. The zero-order valence-electron chi connectivity index (χ0n) is 21.6. The molecule has 198 valence electrons. The summed E-state index contributed by atoms with van der Waals surface area (Å²) in [6, 6.07) is 9.43. The fraction of sp³-hybridized carbons (Fsp3) is 0.538. The van der Waals surface area contributed by atoms with Gasteiger partial charge in [-0.15, -0.1) is 0 Å². The van der Waals surface area contributed by atoms with Gasteiger partial charge >= 0.3 is 17.8 Å². The van der Waals surface area contributed by atoms with Crippen molar-refractivity contribution in [2.24, 2.45) is 11.8 Å². The Morgan fingerprint density at radius 1 is 1.08 bits per heavy atom. The summed E-state index contributed by atoms with van der Waals surface area (Å²) in [7, 11) is 0. The third-order valence-electron chi connectivity index (χ3n) is 7.02. The highest BCUT2D eigenvalue weighted by atomic mass is 16.6. The molecule has 3 amide bonds. The van der Waals surface area contributed by atoms with Crippen molar-refractivity contribution in [2.75, 3.05) is 44.6 Å². The van der Waals surface area contributed by atoms with Crippen LogP contribution in [0.25, 0.3) is 5.69 Å². The van der Waals surface area contributed by atoms with Crippen LogP contribution in [0.4, 0.5) is 15.4 Å². The average Bonchev–Trinajstić information content (AvgIpc) is 3.27. The number of piperidine rings is 1. The number of amides is 3. The van der Waals surface area contributed by atoms with Crippen LogP contribution < -0.4 is 21.6 Å². The molecule has 2 unspecified atom stereocenters. The number of nitrogens with one attached hydrogen (secondary N) is 3. The number of anilines is 1. The van der Waals surface area contributed by atoms with Gasteiger partial charge in [0.05, 0.1) is 5.69 Å². The number of fused-ring (bicyclic) bond motifs is 1. The van der Waals surface area contributed by atoms with Crippen molar-refractivity contribution in [1.82, 2.24) is 30.0 Å². The van der Waals surface area contributed by atoms with Crippen molar-refractivity contribution >= 4 is 17.9 Å². The number of urea groups is 1. The molecule has 1 aromatic carbocycles. The molecule has 11 heteroatoms. The Morgan fingerprint density at radius 3 is 2.38 bits per heavy atom. The quantitative estimate of drug-likeness (QED) is 0.560. The summed E-state index contributed by atoms with van der Waals surface area (Å²) in [5.74, 6) is 1.19. The Kier molecular flexibility index (Phi) is 6.91. The van der Waals surface area contributed by atoms with Crippen LogP contribution >= 0.6 is 0 Å². The highest BCUT2D eigenvalue weighted by molar-refractivity contribution is 5.88. The summed E-state index contributed by atoms with van der Waals surface area (Å²) < 4.78 is 6.83. The number of benzene rings is 1. The Hall–Kier alpha value is -3.44. The van der Waals surface area contributed by atoms with E-state index in [2.05, 4.69) is 25.8 Å². The van der Waals surface area contributed by atoms with Gasteiger partial charge in [0.2, 0.25) is 0 Å². The van der Waals surface area contributed by atoms with E-state index in [1.54, 1.807) is 17.2 Å². The molecule has 1 aliphatic carbocycles. The summed E-state index contributed by atoms with van der Waals surface area (Å²) in [4.78, 5) is 45.1. The number of likely N-dealkylation sites (tertiary alicyclic amines) is 1. The third kappa shape index (κ3) is 6.11. The maximum absolute atomic E-state index is 12.6. The number of nitrogens with zero attached hydrogens (tertiary/aromatic N) is 4. The summed E-state index contributed by atoms with van der Waals surface area (Å²) in [6.45, 7) is 11.0. The van der Waals surface area contributed by atoms with Crippen LogP contribution in [0, 0.1) is 11.8 Å². The highest BCUT2D eigenvalue weighted by Crippen LogP contribution is 2.46. The normalized spacial score (nSPS) is 23.3. The molecule has 3 heterocycles. The molecule has 11 nitrogen and oxygen atoms in total. The lowest BCUT2D eigenvalue weighted by molar-refractivity contribution is 0.0513. The van der Waals surface area contributed by atoms with E-state index in [1.807, 2.05) is 45.0 Å². The topological polar surface area (TPSA) is 121 Å². The molecule has 3 fully saturated rings. The first kappa shape index (κ1) is 25.2. The van der Waals surface area contributed by atoms with Crippen LogP contribution in [0.5, 0.6) is 0 Å². The monoisotopic (exact) mass is 509 g/mol. The minimum atomic E-state index is -0.490. The molecule has 2 saturated heterocycles. The summed E-state index contributed by atoms with van der Waals surface area (Å²) in [6.07, 6.45) is 1.29. The van der Waals surface area contributed by atoms with E-state index in [0.717, 1.165) is 38.3 Å². The molecule has 3 aliphatic rings. The molecule has 2 atom stereocenters. The van der Waals surface area contributed by atoms with E-state index in [4.69, 9.17) is 4.74 Å². The van der Waals surface area contributed by atoms with Gasteiger partial charge in [0, 0.05) is 58.1 Å². The van der Waals surface area contributed by atoms with Gasteiger partial charge in [-0.25, -0.2) is 14.4 Å². The lowest BCUT2D eigenvalue weighted by atomic mass is 10.2. The molecular formula is C26H35N7O4. The van der Waals surface area contributed by atoms with Crippen molar-refractivity contribution in [3.8, 4) is 5.69 Å². The number of aromatic nitrogens is 2. The van der Waals surface area contributed by atoms with Crippen molar-refractivity contribution in [3.63, 3.8) is 0 Å². The number of carbonyl (C=O) groups excluding carboxylic acids is 2. The van der Waals surface area contributed by atoms with Crippen LogP contribution in [0.3, 0.4) is 0 Å². The van der Waals surface area contributed by atoms with Crippen molar-refractivity contribution in [2.45, 2.75) is 39.0 Å². The fourth-order valence-electron chi connectivity index (χ4n) is 5.15. The number of alkyl carbamates (subject to hydrolysis) is 1. The number of piperazine rings is 1. The minimum absolute atomic E-state index is 0.206. The maximum Gasteiger partial charge on any atom is 0.407 e. The maximum atomic E-state index is 12.6. The lowest BCUT2D eigenvalue weighted by Gasteiger charge is -2.27. The van der Waals surface area contributed by atoms with Gasteiger partial charge in [0.1, 0.15) is 11.4 Å². The molecule has 1 saturated carbocycles. The summed E-state index contributed by atoms with van der Waals surface area (Å²) in [5, 5.41) is 8.91. The van der Waals surface area contributed by atoms with E-state index < -0.39 is 11.3 Å². The number of hydrogen-bond donors (Lipinski definition) is 3. The second kappa shape index (κ2) is 10.1. The largest absolute Gasteiger partial charge is 0.444 e. The second-order valence-corrected chi connectivity index (χ2v) is 11.0. The lowest BCUT2D eigenvalue weighted by Crippen LogP contribution is -2.48. The van der Waals surface area contributed by atoms with Gasteiger partial charge in [0.25, 0.3) is 0 Å². The predicted molar refractivity (Wildman–Crippen MR) is 139 cm³/mol. The molecule has 2 aliphatic heterocycles. The molecule has 0 spiro atoms. The first-order valence-electron chi connectivity index (χ1n) is 12.8. The summed E-state index contributed by atoms with van der Waals surface area (Å²) in [5.41, 5.74) is 0.930. The Balaban J connectivity index is 1.12. The van der Waals surface area contributed by atoms with Gasteiger partial charge in [-0.2, -0.15) is 4.98 Å². The SMILES string of the molecule is CC(C)(C)OC(=O)NC1C2CN(Cc3ccc(-n4ccc(NC(=O)N5CCNCC5)nc4=O)cc3)CC21. The smallest absolute Gasteiger partial charge is 0.407 e. The van der Waals surface area contributed by atoms with E-state index in [0.29, 0.717) is 30.6 Å². The zero-order valence-corrected chi connectivity index (χ0v) is 21.6. The van der Waals surface area contributed by atoms with Gasteiger partial charge in [-0.05, 0) is 56.4 Å². The van der Waals surface area contributed by atoms with Crippen molar-refractivity contribution < 1.29 is 14.3 Å². The number of hydrogen-bond acceptors (Lipinski definition) is 7. The summed E-state index contributed by atoms with van der Waals surface area (Å²) >= 11 is 0. The molecule has 3 N–H and O–H groups in total. The molecule has 0 bridgehead atoms. The predicted octanol–water partition coefficient (Wildman–Crippen LogP) is 1.62. The van der Waals surface area contributed by atoms with Crippen LogP contribution in [-0.4, -0.2) is 82.4 Å². The molecule has 5 rings (SSSR count). The van der Waals surface area contributed by atoms with Crippen molar-refractivity contribution in [3.05, 3.63) is 52.6 Å². The van der Waals surface area contributed by atoms with E-state index in [1.165, 1.54) is 4.57 Å². The van der Waals surface area contributed by atoms with E-state index in [-0.39, 0.29) is 24.0 Å². The van der Waals surface area contributed by atoms with E-state index in [9.17, 15) is 14.4 Å². The zero-order chi connectivity index (χ0) is 26.2. The number of carbonyl (C=O) groups is 2. The van der Waals surface area contributed by atoms with Gasteiger partial charge < -0.3 is 20.3 Å². The first-order valence-corrected chi connectivity index (χ1v) is 12.8. The Bertz CT molecular complexity index is 1190. The van der Waals surface area contributed by atoms with Crippen LogP contribution in [0.1, 0.15) is 26.3 Å². The Morgan fingerprint density at radius 2 is 1.76 bits per heavy atom. The third-order valence-corrected chi connectivity index (χ3v) is 7.02. The number of rotatable bonds is 5. The molecule has 0 radical (unpaired) electrons. The standard InChI is InChI=1S/C26H35N7O4/c1-26(2,3)37-25(36)30-22-19-15-31(16-20(19)22)14-17-4-6-18(7-5-17)33-11-8-21(29-24(33)35)28-23(34)32-12-9-27-10-13-32/h4-8,11,19-20,22,27H,9-10,12-16H2,1-3H3,(H,30,36)(H,28,29,34,35). The van der Waals surface area contributed by atoms with Crippen LogP contribution in [0.2, 0.25) is 0 Å². The van der Waals surface area contributed by atoms with Gasteiger partial charge in [-0.3, -0.25) is 14.8 Å². The van der Waals surface area contributed by atoms with Crippen molar-refractivity contribution in [1.29, 1.82) is 0 Å². The molecule has 1 aromatic heterocycles. The molecule has 37 heavy (non-hydrogen) atoms. The van der Waals surface area contributed by atoms with E-state index >= 15 is 0 Å².